The van der Waals surface area contributed by atoms with E-state index in [1.807, 2.05) is 78.9 Å². The number of anilines is 1. The van der Waals surface area contributed by atoms with E-state index >= 15 is 9.59 Å². The van der Waals surface area contributed by atoms with Crippen molar-refractivity contribution in [3.63, 3.8) is 0 Å². The molecule has 3 N–H and O–H groups in total. The van der Waals surface area contributed by atoms with Gasteiger partial charge in [0.1, 0.15) is 12.4 Å². The molecular formula is C42H36BNO8. The van der Waals surface area contributed by atoms with Gasteiger partial charge in [-0.25, -0.2) is 0 Å². The molecule has 1 saturated carbocycles. The van der Waals surface area contributed by atoms with E-state index in [9.17, 15) is 24.7 Å². The zero-order valence-corrected chi connectivity index (χ0v) is 28.2. The first-order valence-corrected chi connectivity index (χ1v) is 17.5. The number of ketones is 2. The summed E-state index contributed by atoms with van der Waals surface area (Å²) in [5.74, 6) is -4.23. The van der Waals surface area contributed by atoms with E-state index in [1.54, 1.807) is 24.3 Å². The van der Waals surface area contributed by atoms with E-state index in [0.29, 0.717) is 22.4 Å². The molecular weight excluding hydrogens is 657 g/mol. The normalized spacial score (nSPS) is 26.6. The van der Waals surface area contributed by atoms with Gasteiger partial charge in [-0.1, -0.05) is 96.6 Å². The van der Waals surface area contributed by atoms with Crippen LogP contribution in [0.1, 0.15) is 35.4 Å². The Hall–Kier alpha value is -5.42. The van der Waals surface area contributed by atoms with E-state index in [0.717, 1.165) is 16.0 Å². The van der Waals surface area contributed by atoms with Crippen LogP contribution in [0, 0.1) is 23.7 Å². The smallest absolute Gasteiger partial charge is 0.488 e. The monoisotopic (exact) mass is 693 g/mol. The largest absolute Gasteiger partial charge is 0.491 e. The van der Waals surface area contributed by atoms with Gasteiger partial charge in [0, 0.05) is 17.4 Å². The lowest BCUT2D eigenvalue weighted by molar-refractivity contribution is -0.135. The minimum atomic E-state index is -1.78. The van der Waals surface area contributed by atoms with Gasteiger partial charge in [0.2, 0.25) is 11.8 Å². The molecule has 4 aliphatic rings. The summed E-state index contributed by atoms with van der Waals surface area (Å²) in [6.07, 6.45) is 3.93. The number of allylic oxidation sites excluding steroid dienone is 4. The highest BCUT2D eigenvalue weighted by Crippen LogP contribution is 2.63. The van der Waals surface area contributed by atoms with Gasteiger partial charge in [-0.2, -0.15) is 0 Å². The number of aliphatic hydroxyl groups is 1. The standard InChI is InChI=1S/C42H36BNO8/c45-20-21-52-30-16-14-26(15-17-30)38-31-18-19-32-37(41(49)44(40(32)48)29-13-7-12-28(22-29)43(50)51)34(31)23-35-39(47)33(25-8-3-1-4-9-25)24-36(46)42(35,38)27-10-5-2-6-11-27/h1-18,22,24,32,34-35,37-38,45,50-51H,19-21,23H2/t32-,34+,35-,37-,38-,42-/m0/s1. The van der Waals surface area contributed by atoms with E-state index in [4.69, 9.17) is 4.74 Å². The molecule has 9 nitrogen and oxygen atoms in total. The molecule has 2 amide bonds. The number of carbonyl (C=O) groups excluding carboxylic acids is 4. The van der Waals surface area contributed by atoms with Crippen LogP contribution in [0.5, 0.6) is 5.75 Å². The molecule has 0 spiro atoms. The summed E-state index contributed by atoms with van der Waals surface area (Å²) in [6, 6.07) is 31.9. The maximum absolute atomic E-state index is 15.1. The molecule has 10 heteroatoms. The molecule has 1 saturated heterocycles. The highest BCUT2D eigenvalue weighted by atomic mass is 16.5. The number of benzene rings is 4. The number of ether oxygens (including phenoxy) is 1. The van der Waals surface area contributed by atoms with Crippen molar-refractivity contribution in [3.8, 4) is 5.75 Å². The van der Waals surface area contributed by atoms with E-state index < -0.39 is 48.0 Å². The van der Waals surface area contributed by atoms with Crippen LogP contribution < -0.4 is 15.1 Å². The SMILES string of the molecule is O=C1C(c2ccccc2)=CC(=O)[C@@]2(c3ccccc3)[C@@H](c3ccc(OCCO)cc3)C3=CC[C@@H]4C(=O)N(c5cccc(B(O)O)c5)C(=O)[C@@H]4[C@@H]3C[C@@H]12. The highest BCUT2D eigenvalue weighted by Gasteiger charge is 2.66. The van der Waals surface area contributed by atoms with Gasteiger partial charge in [0.25, 0.3) is 0 Å². The Balaban J connectivity index is 1.32. The minimum absolute atomic E-state index is 0.113. The van der Waals surface area contributed by atoms with Gasteiger partial charge in [0.15, 0.2) is 11.6 Å². The van der Waals surface area contributed by atoms with Gasteiger partial charge in [-0.15, -0.1) is 0 Å². The maximum Gasteiger partial charge on any atom is 0.488 e. The average Bonchev–Trinajstić information content (AvgIpc) is 3.44. The lowest BCUT2D eigenvalue weighted by Crippen LogP contribution is -2.58. The molecule has 4 aromatic rings. The van der Waals surface area contributed by atoms with Crippen molar-refractivity contribution in [2.75, 3.05) is 18.1 Å². The summed E-state index contributed by atoms with van der Waals surface area (Å²) < 4.78 is 5.67. The Morgan fingerprint density at radius 2 is 1.52 bits per heavy atom. The van der Waals surface area contributed by atoms with Crippen molar-refractivity contribution in [1.29, 1.82) is 0 Å². The van der Waals surface area contributed by atoms with Gasteiger partial charge in [-0.05, 0) is 71.3 Å². The Bertz CT molecular complexity index is 2130. The molecule has 1 aliphatic heterocycles. The quantitative estimate of drug-likeness (QED) is 0.144. The first kappa shape index (κ1) is 33.7. The fourth-order valence-electron chi connectivity index (χ4n) is 9.25. The molecule has 4 aromatic carbocycles. The minimum Gasteiger partial charge on any atom is -0.491 e. The molecule has 52 heavy (non-hydrogen) atoms. The van der Waals surface area contributed by atoms with Crippen LogP contribution >= 0.6 is 0 Å². The number of fused-ring (bicyclic) bond motifs is 4. The molecule has 0 radical (unpaired) electrons. The second-order valence-corrected chi connectivity index (χ2v) is 13.9. The van der Waals surface area contributed by atoms with Crippen molar-refractivity contribution in [1.82, 2.24) is 0 Å². The molecule has 0 aromatic heterocycles. The summed E-state index contributed by atoms with van der Waals surface area (Å²) in [6.45, 7) is -0.0381. The van der Waals surface area contributed by atoms with E-state index in [2.05, 4.69) is 0 Å². The molecule has 0 bridgehead atoms. The summed E-state index contributed by atoms with van der Waals surface area (Å²) in [5, 5.41) is 29.0. The molecule has 6 atom stereocenters. The van der Waals surface area contributed by atoms with Gasteiger partial charge in [0.05, 0.1) is 29.5 Å². The summed E-state index contributed by atoms with van der Waals surface area (Å²) in [5.41, 5.74) is 2.30. The van der Waals surface area contributed by atoms with Gasteiger partial charge >= 0.3 is 7.12 Å². The maximum atomic E-state index is 15.1. The summed E-state index contributed by atoms with van der Waals surface area (Å²) in [4.78, 5) is 60.0. The fourth-order valence-corrected chi connectivity index (χ4v) is 9.25. The summed E-state index contributed by atoms with van der Waals surface area (Å²) in [7, 11) is -1.78. The molecule has 3 aliphatic carbocycles. The van der Waals surface area contributed by atoms with E-state index in [-0.39, 0.29) is 54.7 Å². The van der Waals surface area contributed by atoms with Crippen LogP contribution in [-0.2, 0) is 24.6 Å². The molecule has 260 valence electrons. The lowest BCUT2D eigenvalue weighted by atomic mass is 9.44. The number of hydrogen-bond donors (Lipinski definition) is 3. The third-order valence-corrected chi connectivity index (χ3v) is 11.4. The number of Topliss-reactive ketones (excluding diaryl/α,β-unsaturated/α-hetero) is 1. The van der Waals surface area contributed by atoms with Crippen LogP contribution in [-0.4, -0.2) is 58.9 Å². The van der Waals surface area contributed by atoms with Crippen LogP contribution in [0.25, 0.3) is 5.57 Å². The first-order valence-electron chi connectivity index (χ1n) is 17.5. The highest BCUT2D eigenvalue weighted by molar-refractivity contribution is 6.58. The second-order valence-electron chi connectivity index (χ2n) is 13.9. The van der Waals surface area contributed by atoms with Crippen molar-refractivity contribution >= 4 is 47.2 Å². The van der Waals surface area contributed by atoms with Gasteiger partial charge < -0.3 is 19.9 Å². The number of nitrogens with zero attached hydrogens (tertiary/aromatic N) is 1. The Kier molecular flexibility index (Phi) is 8.61. The van der Waals surface area contributed by atoms with Crippen LogP contribution in [0.4, 0.5) is 5.69 Å². The zero-order chi connectivity index (χ0) is 36.1. The first-order chi connectivity index (χ1) is 25.2. The number of carbonyl (C=O) groups is 4. The average molecular weight is 694 g/mol. The third kappa shape index (κ3) is 5.20. The Morgan fingerprint density at radius 3 is 2.21 bits per heavy atom. The summed E-state index contributed by atoms with van der Waals surface area (Å²) >= 11 is 0. The number of aliphatic hydroxyl groups excluding tert-OH is 1. The molecule has 2 fully saturated rings. The second kappa shape index (κ2) is 13.3. The number of hydrogen-bond acceptors (Lipinski definition) is 8. The predicted octanol–water partition coefficient (Wildman–Crippen LogP) is 3.77. The number of imide groups is 1. The van der Waals surface area contributed by atoms with Crippen molar-refractivity contribution in [2.45, 2.75) is 24.2 Å². The number of rotatable bonds is 8. The lowest BCUT2D eigenvalue weighted by Gasteiger charge is -2.55. The predicted molar refractivity (Wildman–Crippen MR) is 194 cm³/mol. The van der Waals surface area contributed by atoms with E-state index in [1.165, 1.54) is 18.2 Å². The van der Waals surface area contributed by atoms with Crippen molar-refractivity contribution in [3.05, 3.63) is 144 Å². The third-order valence-electron chi connectivity index (χ3n) is 11.4. The molecule has 8 rings (SSSR count). The van der Waals surface area contributed by atoms with Crippen LogP contribution in [0.3, 0.4) is 0 Å². The molecule has 0 unspecified atom stereocenters. The van der Waals surface area contributed by atoms with Crippen molar-refractivity contribution in [2.24, 2.45) is 23.7 Å². The Morgan fingerprint density at radius 1 is 0.808 bits per heavy atom. The Labute approximate surface area is 301 Å². The van der Waals surface area contributed by atoms with Gasteiger partial charge in [-0.3, -0.25) is 24.1 Å². The fraction of sp³-hybridized carbons (Fsp3) is 0.238. The number of amides is 2. The zero-order valence-electron chi connectivity index (χ0n) is 28.2. The molecule has 1 heterocycles. The topological polar surface area (TPSA) is 141 Å². The van der Waals surface area contributed by atoms with Crippen molar-refractivity contribution < 1.29 is 39.1 Å². The van der Waals surface area contributed by atoms with Crippen LogP contribution in [0.15, 0.2) is 127 Å². The van der Waals surface area contributed by atoms with Crippen LogP contribution in [0.2, 0.25) is 0 Å².